The largest absolute Gasteiger partial charge is 0.313 e. The minimum absolute atomic E-state index is 0.197. The molecule has 0 aromatic rings. The molecule has 2 rings (SSSR count). The first-order chi connectivity index (χ1) is 7.33. The molecule has 0 spiro atoms. The minimum atomic E-state index is -0.197. The molecule has 4 nitrogen and oxygen atoms in total. The molecule has 0 aromatic carbocycles. The summed E-state index contributed by atoms with van der Waals surface area (Å²) in [4.78, 5) is 15.5. The van der Waals surface area contributed by atoms with Gasteiger partial charge < -0.3 is 10.1 Å². The summed E-state index contributed by atoms with van der Waals surface area (Å²) in [6, 6.07) is -0.197. The summed E-state index contributed by atoms with van der Waals surface area (Å²) in [5, 5.41) is 3.39. The predicted molar refractivity (Wildman–Crippen MR) is 59.4 cm³/mol. The monoisotopic (exact) mass is 210 g/mol. The zero-order valence-corrected chi connectivity index (χ0v) is 9.19. The summed E-state index contributed by atoms with van der Waals surface area (Å²) >= 11 is 0. The van der Waals surface area contributed by atoms with E-state index in [0.717, 1.165) is 39.0 Å². The summed E-state index contributed by atoms with van der Waals surface area (Å²) in [6.45, 7) is 9.07. The van der Waals surface area contributed by atoms with Crippen molar-refractivity contribution in [1.82, 2.24) is 15.1 Å². The molecule has 0 aliphatic carbocycles. The number of likely N-dealkylation sites (tertiary alicyclic amines) is 1. The van der Waals surface area contributed by atoms with E-state index in [-0.39, 0.29) is 6.04 Å². The molecule has 1 radical (unpaired) electrons. The fourth-order valence-electron chi connectivity index (χ4n) is 2.55. The normalized spacial score (nSPS) is 31.7. The van der Waals surface area contributed by atoms with Crippen LogP contribution < -0.4 is 5.32 Å². The maximum absolute atomic E-state index is 10.8. The van der Waals surface area contributed by atoms with Gasteiger partial charge in [-0.15, -0.1) is 0 Å². The highest BCUT2D eigenvalue weighted by atomic mass is 16.1. The molecule has 0 aromatic heterocycles. The summed E-state index contributed by atoms with van der Waals surface area (Å²) in [5.74, 6) is 0. The molecule has 15 heavy (non-hydrogen) atoms. The third kappa shape index (κ3) is 2.38. The summed E-state index contributed by atoms with van der Waals surface area (Å²) < 4.78 is 0. The van der Waals surface area contributed by atoms with E-state index in [2.05, 4.69) is 22.0 Å². The van der Waals surface area contributed by atoms with Gasteiger partial charge in [0.05, 0.1) is 12.2 Å². The van der Waals surface area contributed by atoms with Crippen molar-refractivity contribution in [3.05, 3.63) is 6.92 Å². The fourth-order valence-corrected chi connectivity index (χ4v) is 2.55. The van der Waals surface area contributed by atoms with Gasteiger partial charge in [-0.25, -0.2) is 0 Å². The smallest absolute Gasteiger partial charge is 0.137 e. The van der Waals surface area contributed by atoms with E-state index < -0.39 is 0 Å². The van der Waals surface area contributed by atoms with Crippen LogP contribution in [0, 0.1) is 6.92 Å². The lowest BCUT2D eigenvalue weighted by atomic mass is 10.2. The Hall–Kier alpha value is -0.450. The van der Waals surface area contributed by atoms with Crippen molar-refractivity contribution in [2.24, 2.45) is 0 Å². The van der Waals surface area contributed by atoms with Gasteiger partial charge in [0.2, 0.25) is 0 Å². The zero-order valence-electron chi connectivity index (χ0n) is 9.19. The molecule has 2 heterocycles. The van der Waals surface area contributed by atoms with Crippen LogP contribution in [-0.4, -0.2) is 61.0 Å². The van der Waals surface area contributed by atoms with Crippen molar-refractivity contribution in [2.75, 3.05) is 32.7 Å². The van der Waals surface area contributed by atoms with Crippen LogP contribution in [0.5, 0.6) is 0 Å². The lowest BCUT2D eigenvalue weighted by Crippen LogP contribution is -2.61. The Kier molecular flexibility index (Phi) is 3.72. The van der Waals surface area contributed by atoms with Gasteiger partial charge in [0.1, 0.15) is 6.29 Å². The first kappa shape index (κ1) is 11.0. The van der Waals surface area contributed by atoms with Gasteiger partial charge in [-0.05, 0) is 32.9 Å². The number of piperazine rings is 1. The molecule has 85 valence electrons. The SMILES string of the molecule is [CH2]C(C=O)N1CCNCC1N1CCCC1. The Morgan fingerprint density at radius 1 is 1.33 bits per heavy atom. The van der Waals surface area contributed by atoms with Crippen molar-refractivity contribution in [1.29, 1.82) is 0 Å². The van der Waals surface area contributed by atoms with Crippen molar-refractivity contribution in [3.8, 4) is 0 Å². The average molecular weight is 210 g/mol. The summed E-state index contributed by atoms with van der Waals surface area (Å²) in [5.41, 5.74) is 0. The van der Waals surface area contributed by atoms with Gasteiger partial charge in [0.25, 0.3) is 0 Å². The first-order valence-corrected chi connectivity index (χ1v) is 5.82. The highest BCUT2D eigenvalue weighted by Gasteiger charge is 2.31. The summed E-state index contributed by atoms with van der Waals surface area (Å²) in [7, 11) is 0. The van der Waals surface area contributed by atoms with Gasteiger partial charge in [0, 0.05) is 19.6 Å². The van der Waals surface area contributed by atoms with E-state index >= 15 is 0 Å². The van der Waals surface area contributed by atoms with Crippen LogP contribution >= 0.6 is 0 Å². The van der Waals surface area contributed by atoms with Crippen LogP contribution in [-0.2, 0) is 4.79 Å². The van der Waals surface area contributed by atoms with Crippen molar-refractivity contribution in [3.63, 3.8) is 0 Å². The molecule has 1 N–H and O–H groups in total. The molecule has 0 bridgehead atoms. The van der Waals surface area contributed by atoms with Crippen LogP contribution in [0.15, 0.2) is 0 Å². The number of carbonyl (C=O) groups excluding carboxylic acids is 1. The van der Waals surface area contributed by atoms with Crippen LogP contribution in [0.2, 0.25) is 0 Å². The molecular weight excluding hydrogens is 190 g/mol. The van der Waals surface area contributed by atoms with Crippen LogP contribution in [0.3, 0.4) is 0 Å². The third-order valence-corrected chi connectivity index (χ3v) is 3.40. The van der Waals surface area contributed by atoms with E-state index in [1.165, 1.54) is 12.8 Å². The third-order valence-electron chi connectivity index (χ3n) is 3.40. The van der Waals surface area contributed by atoms with Gasteiger partial charge in [-0.1, -0.05) is 0 Å². The minimum Gasteiger partial charge on any atom is -0.313 e. The van der Waals surface area contributed by atoms with E-state index in [1.807, 2.05) is 0 Å². The Bertz CT molecular complexity index is 216. The van der Waals surface area contributed by atoms with E-state index in [9.17, 15) is 4.79 Å². The number of aldehydes is 1. The molecule has 2 aliphatic rings. The molecule has 2 atom stereocenters. The van der Waals surface area contributed by atoms with Gasteiger partial charge in [-0.2, -0.15) is 0 Å². The van der Waals surface area contributed by atoms with Crippen molar-refractivity contribution >= 4 is 6.29 Å². The quantitative estimate of drug-likeness (QED) is 0.650. The van der Waals surface area contributed by atoms with Gasteiger partial charge in [0.15, 0.2) is 0 Å². The Morgan fingerprint density at radius 2 is 2.07 bits per heavy atom. The first-order valence-electron chi connectivity index (χ1n) is 5.82. The summed E-state index contributed by atoms with van der Waals surface area (Å²) in [6.07, 6.45) is 3.89. The lowest BCUT2D eigenvalue weighted by molar-refractivity contribution is -0.113. The van der Waals surface area contributed by atoms with Crippen LogP contribution in [0.1, 0.15) is 12.8 Å². The van der Waals surface area contributed by atoms with Crippen molar-refractivity contribution in [2.45, 2.75) is 25.0 Å². The topological polar surface area (TPSA) is 35.6 Å². The molecule has 2 fully saturated rings. The Balaban J connectivity index is 2.01. The lowest BCUT2D eigenvalue weighted by Gasteiger charge is -2.42. The zero-order chi connectivity index (χ0) is 10.7. The van der Waals surface area contributed by atoms with E-state index in [0.29, 0.717) is 6.17 Å². The number of hydrogen-bond donors (Lipinski definition) is 1. The number of nitrogens with zero attached hydrogens (tertiary/aromatic N) is 2. The second-order valence-corrected chi connectivity index (χ2v) is 4.37. The maximum Gasteiger partial charge on any atom is 0.137 e. The molecule has 0 saturated carbocycles. The standard InChI is InChI=1S/C11H20N3O/c1-10(9-15)14-7-4-12-8-11(14)13-5-2-3-6-13/h9-12H,1-8H2. The maximum atomic E-state index is 10.8. The van der Waals surface area contributed by atoms with E-state index in [1.54, 1.807) is 0 Å². The fraction of sp³-hybridized carbons (Fsp3) is 0.818. The number of hydrogen-bond acceptors (Lipinski definition) is 4. The highest BCUT2D eigenvalue weighted by molar-refractivity contribution is 5.58. The van der Waals surface area contributed by atoms with Gasteiger partial charge >= 0.3 is 0 Å². The molecule has 2 unspecified atom stereocenters. The Labute approximate surface area is 91.6 Å². The van der Waals surface area contributed by atoms with E-state index in [4.69, 9.17) is 0 Å². The number of nitrogens with one attached hydrogen (secondary N) is 1. The number of carbonyl (C=O) groups is 1. The second-order valence-electron chi connectivity index (χ2n) is 4.37. The van der Waals surface area contributed by atoms with Crippen molar-refractivity contribution < 1.29 is 4.79 Å². The highest BCUT2D eigenvalue weighted by Crippen LogP contribution is 2.17. The Morgan fingerprint density at radius 3 is 2.73 bits per heavy atom. The van der Waals surface area contributed by atoms with Gasteiger partial charge in [-0.3, -0.25) is 9.80 Å². The molecule has 2 aliphatic heterocycles. The molecule has 4 heteroatoms. The molecule has 2 saturated heterocycles. The second kappa shape index (κ2) is 5.05. The van der Waals surface area contributed by atoms with Crippen LogP contribution in [0.4, 0.5) is 0 Å². The molecule has 0 amide bonds. The molecular formula is C11H20N3O. The van der Waals surface area contributed by atoms with Crippen LogP contribution in [0.25, 0.3) is 0 Å². The number of rotatable bonds is 3. The predicted octanol–water partition coefficient (Wildman–Crippen LogP) is -0.285. The average Bonchev–Trinajstić information content (AvgIpc) is 2.81.